The largest absolute Gasteiger partial charge is 0.491 e. The van der Waals surface area contributed by atoms with Crippen molar-refractivity contribution in [1.29, 1.82) is 0 Å². The van der Waals surface area contributed by atoms with Crippen LogP contribution in [-0.2, 0) is 0 Å². The first-order valence-corrected chi connectivity index (χ1v) is 8.05. The van der Waals surface area contributed by atoms with Crippen LogP contribution in [0.3, 0.4) is 0 Å². The van der Waals surface area contributed by atoms with Crippen molar-refractivity contribution < 1.29 is 4.74 Å². The van der Waals surface area contributed by atoms with Gasteiger partial charge in [-0.25, -0.2) is 0 Å². The molecule has 0 N–H and O–H groups in total. The van der Waals surface area contributed by atoms with Crippen LogP contribution in [0.25, 0.3) is 5.69 Å². The maximum atomic E-state index is 6.04. The average Bonchev–Trinajstić information content (AvgIpc) is 3.02. The van der Waals surface area contributed by atoms with Crippen molar-refractivity contribution in [1.82, 2.24) is 20.2 Å². The summed E-state index contributed by atoms with van der Waals surface area (Å²) in [6.07, 6.45) is 0. The van der Waals surface area contributed by atoms with Crippen molar-refractivity contribution in [2.24, 2.45) is 0 Å². The predicted octanol–water partition coefficient (Wildman–Crippen LogP) is 3.49. The van der Waals surface area contributed by atoms with E-state index >= 15 is 0 Å². The van der Waals surface area contributed by atoms with Crippen LogP contribution in [0, 0.1) is 0 Å². The normalized spacial score (nSPS) is 10.6. The summed E-state index contributed by atoms with van der Waals surface area (Å²) in [6, 6.07) is 17.2. The smallest absolute Gasteiger partial charge is 0.214 e. The summed E-state index contributed by atoms with van der Waals surface area (Å²) >= 11 is 7.57. The van der Waals surface area contributed by atoms with Gasteiger partial charge in [-0.05, 0) is 34.7 Å². The van der Waals surface area contributed by atoms with E-state index < -0.39 is 0 Å². The minimum atomic E-state index is 0.524. The van der Waals surface area contributed by atoms with Crippen molar-refractivity contribution in [3.8, 4) is 11.4 Å². The molecule has 7 heteroatoms. The van der Waals surface area contributed by atoms with Crippen molar-refractivity contribution in [3.63, 3.8) is 0 Å². The van der Waals surface area contributed by atoms with Crippen molar-refractivity contribution in [2.45, 2.75) is 5.16 Å². The number of halogens is 1. The summed E-state index contributed by atoms with van der Waals surface area (Å²) in [6.45, 7) is 0.524. The molecule has 1 heterocycles. The molecule has 0 unspecified atom stereocenters. The van der Waals surface area contributed by atoms with E-state index in [4.69, 9.17) is 16.3 Å². The molecule has 2 aromatic carbocycles. The first-order chi connectivity index (χ1) is 10.8. The molecule has 0 saturated carbocycles. The number of thioether (sulfide) groups is 1. The third kappa shape index (κ3) is 3.58. The SMILES string of the molecule is Clc1ccccc1OCCSc1nnnn1-c1ccccc1. The Morgan fingerprint density at radius 1 is 1.05 bits per heavy atom. The molecule has 0 bridgehead atoms. The van der Waals surface area contributed by atoms with Crippen LogP contribution in [0.1, 0.15) is 0 Å². The van der Waals surface area contributed by atoms with Crippen molar-refractivity contribution in [2.75, 3.05) is 12.4 Å². The van der Waals surface area contributed by atoms with Gasteiger partial charge in [0.2, 0.25) is 5.16 Å². The number of aromatic nitrogens is 4. The van der Waals surface area contributed by atoms with Gasteiger partial charge in [-0.1, -0.05) is 53.7 Å². The summed E-state index contributed by atoms with van der Waals surface area (Å²) in [4.78, 5) is 0. The Balaban J connectivity index is 1.57. The van der Waals surface area contributed by atoms with E-state index in [2.05, 4.69) is 15.5 Å². The van der Waals surface area contributed by atoms with Gasteiger partial charge in [0, 0.05) is 5.75 Å². The number of rotatable bonds is 6. The van der Waals surface area contributed by atoms with Gasteiger partial charge in [0.15, 0.2) is 0 Å². The zero-order valence-corrected chi connectivity index (χ0v) is 13.2. The highest BCUT2D eigenvalue weighted by atomic mass is 35.5. The molecular weight excluding hydrogens is 320 g/mol. The van der Waals surface area contributed by atoms with E-state index in [1.54, 1.807) is 10.7 Å². The van der Waals surface area contributed by atoms with Crippen molar-refractivity contribution >= 4 is 23.4 Å². The third-order valence-electron chi connectivity index (χ3n) is 2.85. The molecule has 0 aliphatic rings. The molecule has 0 radical (unpaired) electrons. The molecule has 0 aliphatic carbocycles. The molecule has 22 heavy (non-hydrogen) atoms. The van der Waals surface area contributed by atoms with E-state index in [0.29, 0.717) is 17.4 Å². The monoisotopic (exact) mass is 332 g/mol. The lowest BCUT2D eigenvalue weighted by atomic mass is 10.3. The number of hydrogen-bond acceptors (Lipinski definition) is 5. The molecule has 3 rings (SSSR count). The van der Waals surface area contributed by atoms with Crippen LogP contribution in [0.2, 0.25) is 5.02 Å². The highest BCUT2D eigenvalue weighted by molar-refractivity contribution is 7.99. The van der Waals surface area contributed by atoms with Gasteiger partial charge in [0.05, 0.1) is 17.3 Å². The van der Waals surface area contributed by atoms with Gasteiger partial charge in [-0.3, -0.25) is 0 Å². The van der Waals surface area contributed by atoms with E-state index in [9.17, 15) is 0 Å². The summed E-state index contributed by atoms with van der Waals surface area (Å²) in [5.74, 6) is 1.41. The quantitative estimate of drug-likeness (QED) is 0.511. The zero-order valence-electron chi connectivity index (χ0n) is 11.6. The molecule has 5 nitrogen and oxygen atoms in total. The fraction of sp³-hybridized carbons (Fsp3) is 0.133. The summed E-state index contributed by atoms with van der Waals surface area (Å²) in [5.41, 5.74) is 0.932. The Hall–Kier alpha value is -2.05. The molecule has 0 saturated heterocycles. The molecular formula is C15H13ClN4OS. The highest BCUT2D eigenvalue weighted by Gasteiger charge is 2.08. The van der Waals surface area contributed by atoms with Crippen molar-refractivity contribution in [3.05, 3.63) is 59.6 Å². The third-order valence-corrected chi connectivity index (χ3v) is 4.05. The predicted molar refractivity (Wildman–Crippen MR) is 86.8 cm³/mol. The standard InChI is InChI=1S/C15H13ClN4OS/c16-13-8-4-5-9-14(13)21-10-11-22-15-17-18-19-20(15)12-6-2-1-3-7-12/h1-9H,10-11H2. The lowest BCUT2D eigenvalue weighted by Gasteiger charge is -2.07. The van der Waals surface area contributed by atoms with Crippen LogP contribution in [-0.4, -0.2) is 32.6 Å². The van der Waals surface area contributed by atoms with Gasteiger partial charge >= 0.3 is 0 Å². The molecule has 0 aliphatic heterocycles. The molecule has 1 aromatic heterocycles. The Labute approximate surface area is 137 Å². The fourth-order valence-corrected chi connectivity index (χ4v) is 2.74. The molecule has 3 aromatic rings. The van der Waals surface area contributed by atoms with Crippen LogP contribution in [0.4, 0.5) is 0 Å². The number of benzene rings is 2. The second-order valence-electron chi connectivity index (χ2n) is 4.34. The van der Waals surface area contributed by atoms with Gasteiger partial charge < -0.3 is 4.74 Å². The second kappa shape index (κ2) is 7.29. The summed E-state index contributed by atoms with van der Waals surface area (Å²) < 4.78 is 7.36. The van der Waals surface area contributed by atoms with Crippen LogP contribution < -0.4 is 4.74 Å². The highest BCUT2D eigenvalue weighted by Crippen LogP contribution is 2.24. The average molecular weight is 333 g/mol. The van der Waals surface area contributed by atoms with Crippen LogP contribution in [0.15, 0.2) is 59.8 Å². The molecule has 0 amide bonds. The maximum absolute atomic E-state index is 6.04. The molecule has 112 valence electrons. The molecule has 0 atom stereocenters. The lowest BCUT2D eigenvalue weighted by molar-refractivity contribution is 0.344. The topological polar surface area (TPSA) is 52.8 Å². The van der Waals surface area contributed by atoms with Gasteiger partial charge in [0.25, 0.3) is 0 Å². The molecule has 0 fully saturated rings. The van der Waals surface area contributed by atoms with E-state index in [1.807, 2.05) is 48.5 Å². The zero-order chi connectivity index (χ0) is 15.2. The van der Waals surface area contributed by atoms with Gasteiger partial charge in [0.1, 0.15) is 5.75 Å². The van der Waals surface area contributed by atoms with E-state index in [0.717, 1.165) is 16.6 Å². The first kappa shape index (κ1) is 14.9. The van der Waals surface area contributed by atoms with Crippen LogP contribution in [0.5, 0.6) is 5.75 Å². The Bertz CT molecular complexity index is 735. The number of nitrogens with zero attached hydrogens (tertiary/aromatic N) is 4. The summed E-state index contributed by atoms with van der Waals surface area (Å²) in [7, 11) is 0. The Morgan fingerprint density at radius 2 is 1.82 bits per heavy atom. The Morgan fingerprint density at radius 3 is 2.64 bits per heavy atom. The van der Waals surface area contributed by atoms with Gasteiger partial charge in [-0.2, -0.15) is 4.68 Å². The number of para-hydroxylation sites is 2. The van der Waals surface area contributed by atoms with Crippen LogP contribution >= 0.6 is 23.4 Å². The number of hydrogen-bond donors (Lipinski definition) is 0. The summed E-state index contributed by atoms with van der Waals surface area (Å²) in [5, 5.41) is 13.1. The number of ether oxygens (including phenoxy) is 1. The van der Waals surface area contributed by atoms with E-state index in [1.165, 1.54) is 11.8 Å². The lowest BCUT2D eigenvalue weighted by Crippen LogP contribution is -2.03. The van der Waals surface area contributed by atoms with E-state index in [-0.39, 0.29) is 0 Å². The first-order valence-electron chi connectivity index (χ1n) is 6.68. The maximum Gasteiger partial charge on any atom is 0.214 e. The number of tetrazole rings is 1. The minimum absolute atomic E-state index is 0.524. The minimum Gasteiger partial charge on any atom is -0.491 e. The second-order valence-corrected chi connectivity index (χ2v) is 5.81. The Kier molecular flexibility index (Phi) is 4.92. The fourth-order valence-electron chi connectivity index (χ4n) is 1.85. The molecule has 0 spiro atoms. The van der Waals surface area contributed by atoms with Gasteiger partial charge in [-0.15, -0.1) is 5.10 Å².